The van der Waals surface area contributed by atoms with Gasteiger partial charge in [-0.15, -0.1) is 0 Å². The van der Waals surface area contributed by atoms with Crippen molar-refractivity contribution >= 4 is 77.6 Å². The number of nitrogens with zero attached hydrogens (tertiary/aromatic N) is 1. The number of carbonyl (C=O) groups is 13. The van der Waals surface area contributed by atoms with Gasteiger partial charge in [-0.05, 0) is 119 Å². The summed E-state index contributed by atoms with van der Waals surface area (Å²) in [6.07, 6.45) is 0.567. The van der Waals surface area contributed by atoms with Crippen LogP contribution in [0.25, 0.3) is 0 Å². The quantitative estimate of drug-likeness (QED) is 0.113. The van der Waals surface area contributed by atoms with Crippen molar-refractivity contribution in [2.45, 2.75) is 209 Å². The third kappa shape index (κ3) is 13.4. The Bertz CT molecular complexity index is 3140. The van der Waals surface area contributed by atoms with Gasteiger partial charge in [0.2, 0.25) is 0 Å². The summed E-state index contributed by atoms with van der Waals surface area (Å²) < 4.78 is 73.4. The van der Waals surface area contributed by atoms with E-state index < -0.39 is 174 Å². The molecule has 28 heteroatoms. The monoisotopic (exact) mass is 1340 g/mol. The predicted molar refractivity (Wildman–Crippen MR) is 315 cm³/mol. The van der Waals surface area contributed by atoms with Crippen molar-refractivity contribution in [1.82, 2.24) is 0 Å². The molecule has 28 nitrogen and oxygen atoms in total. The molecule has 6 aliphatic heterocycles. The van der Waals surface area contributed by atoms with E-state index >= 15 is 0 Å². The zero-order valence-corrected chi connectivity index (χ0v) is 56.3. The van der Waals surface area contributed by atoms with Gasteiger partial charge in [-0.1, -0.05) is 34.6 Å². The van der Waals surface area contributed by atoms with Gasteiger partial charge in [-0.3, -0.25) is 43.2 Å². The van der Waals surface area contributed by atoms with Gasteiger partial charge in [0.25, 0.3) is 0 Å². The Morgan fingerprint density at radius 3 is 1.36 bits per heavy atom. The number of rotatable bonds is 21. The largest absolute Gasteiger partial charge is 0.469 e. The van der Waals surface area contributed by atoms with Gasteiger partial charge in [0.15, 0.2) is 44.1 Å². The minimum Gasteiger partial charge on any atom is -0.469 e. The van der Waals surface area contributed by atoms with Crippen molar-refractivity contribution in [1.29, 1.82) is 5.26 Å². The number of esters is 13. The molecule has 22 unspecified atom stereocenters. The van der Waals surface area contributed by atoms with E-state index in [0.717, 1.165) is 6.42 Å². The van der Waals surface area contributed by atoms with Crippen LogP contribution in [0.15, 0.2) is 0 Å². The van der Waals surface area contributed by atoms with E-state index in [1.807, 2.05) is 34.6 Å². The molecule has 12 rings (SSSR count). The fourth-order valence-corrected chi connectivity index (χ4v) is 15.4. The summed E-state index contributed by atoms with van der Waals surface area (Å²) in [6.45, 7) is 21.7. The van der Waals surface area contributed by atoms with Gasteiger partial charge in [0.05, 0.1) is 64.6 Å². The van der Waals surface area contributed by atoms with Gasteiger partial charge in [-0.2, -0.15) is 5.26 Å². The van der Waals surface area contributed by atoms with Crippen LogP contribution in [0.1, 0.15) is 148 Å². The summed E-state index contributed by atoms with van der Waals surface area (Å²) in [6, 6.07) is 2.10. The number of hydrogen-bond donors (Lipinski definition) is 0. The molecule has 95 heavy (non-hydrogen) atoms. The molecule has 0 aromatic heterocycles. The van der Waals surface area contributed by atoms with E-state index in [2.05, 4.69) is 6.07 Å². The molecule has 12 fully saturated rings. The first-order chi connectivity index (χ1) is 44.5. The number of carbonyl (C=O) groups excluding carboxylic acids is 13. The summed E-state index contributed by atoms with van der Waals surface area (Å²) in [7, 11) is 1.27. The molecule has 0 radical (unpaired) electrons. The van der Waals surface area contributed by atoms with E-state index in [9.17, 15) is 67.6 Å². The first kappa shape index (κ1) is 71.8. The second-order valence-electron chi connectivity index (χ2n) is 29.6. The third-order valence-electron chi connectivity index (χ3n) is 22.6. The predicted octanol–water partition coefficient (Wildman–Crippen LogP) is 4.51. The molecule has 12 aliphatic rings. The Hall–Kier alpha value is -7.44. The normalized spacial score (nSPS) is 35.9. The average Bonchev–Trinajstić information content (AvgIpc) is 1.56. The first-order valence-electron chi connectivity index (χ1n) is 33.0. The molecule has 0 amide bonds. The van der Waals surface area contributed by atoms with Crippen molar-refractivity contribution in [3.8, 4) is 6.07 Å². The van der Waals surface area contributed by atoms with Crippen molar-refractivity contribution in [2.75, 3.05) is 33.5 Å². The molecular weight excluding hydrogens is 1250 g/mol. The summed E-state index contributed by atoms with van der Waals surface area (Å²) in [5.41, 5.74) is -3.65. The Labute approximate surface area is 550 Å². The summed E-state index contributed by atoms with van der Waals surface area (Å²) in [4.78, 5) is 155. The van der Waals surface area contributed by atoms with Crippen LogP contribution in [0, 0.1) is 104 Å². The molecular formula is C67H89NO27. The van der Waals surface area contributed by atoms with Gasteiger partial charge < -0.3 is 66.3 Å². The molecule has 0 aromatic carbocycles. The molecule has 0 N–H and O–H groups in total. The molecule has 6 saturated heterocycles. The zero-order valence-electron chi connectivity index (χ0n) is 56.3. The number of fused-ring (bicyclic) bond motifs is 4. The van der Waals surface area contributed by atoms with Gasteiger partial charge in [-0.25, -0.2) is 19.2 Å². The fourth-order valence-electron chi connectivity index (χ4n) is 15.4. The highest BCUT2D eigenvalue weighted by Gasteiger charge is 2.73. The molecule has 8 bridgehead atoms. The van der Waals surface area contributed by atoms with Crippen LogP contribution >= 0.6 is 0 Å². The molecule has 524 valence electrons. The van der Waals surface area contributed by atoms with Gasteiger partial charge >= 0.3 is 77.6 Å². The first-order valence-corrected chi connectivity index (χ1v) is 33.0. The molecule has 6 heterocycles. The Morgan fingerprint density at radius 2 is 0.905 bits per heavy atom. The van der Waals surface area contributed by atoms with Crippen LogP contribution in [-0.2, 0) is 129 Å². The van der Waals surface area contributed by atoms with Crippen LogP contribution in [0.5, 0.6) is 0 Å². The highest BCUT2D eigenvalue weighted by atomic mass is 16.7. The lowest BCUT2D eigenvalue weighted by Crippen LogP contribution is -2.44. The molecule has 6 aliphatic carbocycles. The summed E-state index contributed by atoms with van der Waals surface area (Å²) in [5, 5.41) is 9.33. The molecule has 0 aromatic rings. The highest BCUT2D eigenvalue weighted by molar-refractivity contribution is 5.88. The van der Waals surface area contributed by atoms with Crippen molar-refractivity contribution in [3.05, 3.63) is 0 Å². The van der Waals surface area contributed by atoms with E-state index in [1.165, 1.54) is 7.11 Å². The highest BCUT2D eigenvalue weighted by Crippen LogP contribution is 2.63. The van der Waals surface area contributed by atoms with Crippen LogP contribution < -0.4 is 0 Å². The van der Waals surface area contributed by atoms with Gasteiger partial charge in [0.1, 0.15) is 42.7 Å². The second kappa shape index (κ2) is 27.2. The lowest BCUT2D eigenvalue weighted by molar-refractivity contribution is -0.174. The Balaban J connectivity index is 0.000000149. The number of nitriles is 1. The average molecular weight is 1340 g/mol. The molecule has 22 atom stereocenters. The third-order valence-corrected chi connectivity index (χ3v) is 22.6. The number of hydrogen-bond acceptors (Lipinski definition) is 28. The van der Waals surface area contributed by atoms with Crippen molar-refractivity contribution in [3.63, 3.8) is 0 Å². The topological polar surface area (TPSA) is 375 Å². The summed E-state index contributed by atoms with van der Waals surface area (Å²) >= 11 is 0. The van der Waals surface area contributed by atoms with Crippen LogP contribution in [-0.4, -0.2) is 172 Å². The maximum absolute atomic E-state index is 12.1. The standard InChI is InChI=1S/C18H24O8.C17H21NO6.C17H24O6.C15H20O7/c1-5-18(2,3)17(22)24-7-10(19)25-13-8-6-9-12(11(8)15(20)23-4)16(21)26-14(9)13;1-4-16(2,3)14(20)22-7-11(19)23-12-9-5-10-13(12)24-15(21)17(10,6-9)8-18;1-5-17(3,4)16(20)21-7-11(18)22-13-9-6-10-12(8(9)2)15(19)23-14(10)13;1-4-15(2,3)14(18)19-6-9(16)21-11-8-5-7-10(20-8)12(11)22-13(7)17/h8-9,11-14H,5-7H2,1-4H3;9-10,12-13H,4-7H2,1-3H3;8-10,12-14H,5-7H2,1-4H3;7-8,10-12H,4-6H2,1-3H3. The van der Waals surface area contributed by atoms with E-state index in [4.69, 9.17) is 66.3 Å². The van der Waals surface area contributed by atoms with Crippen LogP contribution in [0.4, 0.5) is 0 Å². The van der Waals surface area contributed by atoms with Crippen LogP contribution in [0.2, 0.25) is 0 Å². The Morgan fingerprint density at radius 1 is 0.495 bits per heavy atom. The van der Waals surface area contributed by atoms with Crippen molar-refractivity contribution < 1.29 is 129 Å². The Kier molecular flexibility index (Phi) is 20.6. The molecule has 6 saturated carbocycles. The minimum atomic E-state index is -1.06. The lowest BCUT2D eigenvalue weighted by Gasteiger charge is -2.30. The maximum Gasteiger partial charge on any atom is 0.344 e. The zero-order chi connectivity index (χ0) is 69.9. The lowest BCUT2D eigenvalue weighted by atomic mass is 9.75. The van der Waals surface area contributed by atoms with E-state index in [1.54, 1.807) is 55.4 Å². The summed E-state index contributed by atoms with van der Waals surface area (Å²) in [5.74, 6) is -7.93. The van der Waals surface area contributed by atoms with Crippen molar-refractivity contribution in [2.24, 2.45) is 92.2 Å². The maximum atomic E-state index is 12.1. The van der Waals surface area contributed by atoms with E-state index in [0.29, 0.717) is 51.4 Å². The number of ether oxygens (including phenoxy) is 14. The minimum absolute atomic E-state index is 0.0388. The second-order valence-corrected chi connectivity index (χ2v) is 29.6. The molecule has 0 spiro atoms. The number of methoxy groups -OCH3 is 1. The fraction of sp³-hybridized carbons (Fsp3) is 0.791. The van der Waals surface area contributed by atoms with Gasteiger partial charge in [0, 0.05) is 35.5 Å². The van der Waals surface area contributed by atoms with Crippen LogP contribution in [0.3, 0.4) is 0 Å². The smallest absolute Gasteiger partial charge is 0.344 e. The SMILES string of the molecule is CCC(C)(C)C(=O)OCC(=O)OC1C2CC3C(=O)OC1C3O2.CCC(C)(C)C(=O)OCC(=O)OC1C2CC3C1OC(=O)C3(C#N)C2.CCC(C)(C)C(=O)OCC(=O)OC1C2CC3C1OC(=O)C3C2C.CCC(C)(C)C(=O)OCC(=O)OC1C2CC3C1OC(=O)C3C2C(=O)OC. The van der Waals surface area contributed by atoms with E-state index in [-0.39, 0.29) is 83.5 Å².